The molecule has 2 aromatic carbocycles. The SMILES string of the molecule is CCNC(=NCc1ccc(C(=O)N2CCCCC2)cc1)NCc1ccc(C)cc1OCC.I. The van der Waals surface area contributed by atoms with E-state index in [0.29, 0.717) is 19.7 Å². The van der Waals surface area contributed by atoms with Crippen molar-refractivity contribution < 1.29 is 9.53 Å². The van der Waals surface area contributed by atoms with Crippen LogP contribution in [0, 0.1) is 6.92 Å². The average molecular weight is 565 g/mol. The molecule has 1 fully saturated rings. The first-order chi connectivity index (χ1) is 15.6. The number of aryl methyl sites for hydroxylation is 1. The van der Waals surface area contributed by atoms with Gasteiger partial charge in [0, 0.05) is 37.3 Å². The van der Waals surface area contributed by atoms with Gasteiger partial charge in [-0.1, -0.05) is 24.3 Å². The lowest BCUT2D eigenvalue weighted by Gasteiger charge is -2.26. The molecule has 0 atom stereocenters. The number of rotatable bonds is 8. The maximum Gasteiger partial charge on any atom is 0.253 e. The minimum Gasteiger partial charge on any atom is -0.494 e. The lowest BCUT2D eigenvalue weighted by Crippen LogP contribution is -2.36. The molecule has 180 valence electrons. The summed E-state index contributed by atoms with van der Waals surface area (Å²) < 4.78 is 5.78. The number of nitrogens with one attached hydrogen (secondary N) is 2. The molecule has 1 aliphatic heterocycles. The average Bonchev–Trinajstić information content (AvgIpc) is 2.82. The van der Waals surface area contributed by atoms with Crippen LogP contribution in [-0.4, -0.2) is 43.0 Å². The van der Waals surface area contributed by atoms with Gasteiger partial charge in [0.05, 0.1) is 13.2 Å². The molecule has 0 radical (unpaired) electrons. The standard InChI is InChI=1S/C26H36N4O2.HI/c1-4-27-26(29-19-23-12-9-20(3)17-24(23)32-5-2)28-18-21-10-13-22(14-11-21)25(31)30-15-7-6-8-16-30;/h9-14,17H,4-8,15-16,18-19H2,1-3H3,(H2,27,28,29);1H. The van der Waals surface area contributed by atoms with E-state index in [-0.39, 0.29) is 29.9 Å². The second-order valence-corrected chi connectivity index (χ2v) is 8.14. The van der Waals surface area contributed by atoms with Gasteiger partial charge < -0.3 is 20.3 Å². The molecule has 6 nitrogen and oxygen atoms in total. The van der Waals surface area contributed by atoms with Gasteiger partial charge in [0.1, 0.15) is 5.75 Å². The van der Waals surface area contributed by atoms with Crippen LogP contribution in [0.15, 0.2) is 47.5 Å². The van der Waals surface area contributed by atoms with Crippen molar-refractivity contribution in [2.45, 2.75) is 53.1 Å². The fraction of sp³-hybridized carbons (Fsp3) is 0.462. The summed E-state index contributed by atoms with van der Waals surface area (Å²) in [5, 5.41) is 6.69. The van der Waals surface area contributed by atoms with Crippen molar-refractivity contribution in [3.8, 4) is 5.75 Å². The molecule has 2 N–H and O–H groups in total. The molecule has 0 saturated carbocycles. The summed E-state index contributed by atoms with van der Waals surface area (Å²) >= 11 is 0. The summed E-state index contributed by atoms with van der Waals surface area (Å²) in [5.74, 6) is 1.80. The number of aliphatic imine (C=N–C) groups is 1. The van der Waals surface area contributed by atoms with E-state index in [1.165, 1.54) is 12.0 Å². The highest BCUT2D eigenvalue weighted by Gasteiger charge is 2.17. The fourth-order valence-electron chi connectivity index (χ4n) is 3.82. The second-order valence-electron chi connectivity index (χ2n) is 8.14. The van der Waals surface area contributed by atoms with Gasteiger partial charge >= 0.3 is 0 Å². The first kappa shape index (κ1) is 27.0. The van der Waals surface area contributed by atoms with Crippen LogP contribution in [0.5, 0.6) is 5.75 Å². The van der Waals surface area contributed by atoms with Gasteiger partial charge in [0.2, 0.25) is 0 Å². The number of halogens is 1. The summed E-state index contributed by atoms with van der Waals surface area (Å²) in [7, 11) is 0. The predicted molar refractivity (Wildman–Crippen MR) is 146 cm³/mol. The van der Waals surface area contributed by atoms with E-state index in [1.54, 1.807) is 0 Å². The number of carbonyl (C=O) groups is 1. The molecule has 1 aliphatic rings. The number of carbonyl (C=O) groups excluding carboxylic acids is 1. The highest BCUT2D eigenvalue weighted by atomic mass is 127. The summed E-state index contributed by atoms with van der Waals surface area (Å²) in [6.07, 6.45) is 3.43. The van der Waals surface area contributed by atoms with Crippen molar-refractivity contribution in [2.24, 2.45) is 4.99 Å². The Kier molecular flexibility index (Phi) is 11.5. The molecule has 1 amide bonds. The Morgan fingerprint density at radius 2 is 1.76 bits per heavy atom. The molecule has 0 bridgehead atoms. The molecule has 0 unspecified atom stereocenters. The van der Waals surface area contributed by atoms with Crippen LogP contribution >= 0.6 is 24.0 Å². The number of likely N-dealkylation sites (tertiary alicyclic amines) is 1. The van der Waals surface area contributed by atoms with Crippen LogP contribution in [0.4, 0.5) is 0 Å². The van der Waals surface area contributed by atoms with Gasteiger partial charge in [-0.05, 0) is 69.4 Å². The molecule has 2 aromatic rings. The third-order valence-corrected chi connectivity index (χ3v) is 5.58. The Morgan fingerprint density at radius 3 is 2.42 bits per heavy atom. The lowest BCUT2D eigenvalue weighted by molar-refractivity contribution is 0.0724. The second kappa shape index (κ2) is 14.1. The normalized spacial score (nSPS) is 13.8. The van der Waals surface area contributed by atoms with Crippen molar-refractivity contribution in [1.82, 2.24) is 15.5 Å². The number of nitrogens with zero attached hydrogens (tertiary/aromatic N) is 2. The summed E-state index contributed by atoms with van der Waals surface area (Å²) in [6.45, 7) is 10.4. The van der Waals surface area contributed by atoms with Crippen LogP contribution in [0.3, 0.4) is 0 Å². The zero-order valence-electron chi connectivity index (χ0n) is 20.0. The molecule has 1 heterocycles. The highest BCUT2D eigenvalue weighted by molar-refractivity contribution is 14.0. The van der Waals surface area contributed by atoms with E-state index in [4.69, 9.17) is 9.73 Å². The lowest BCUT2D eigenvalue weighted by atomic mass is 10.1. The van der Waals surface area contributed by atoms with E-state index >= 15 is 0 Å². The molecule has 0 aromatic heterocycles. The Morgan fingerprint density at radius 1 is 1.03 bits per heavy atom. The minimum atomic E-state index is 0. The van der Waals surface area contributed by atoms with Crippen LogP contribution < -0.4 is 15.4 Å². The quantitative estimate of drug-likeness (QED) is 0.272. The topological polar surface area (TPSA) is 66.0 Å². The monoisotopic (exact) mass is 564 g/mol. The first-order valence-corrected chi connectivity index (χ1v) is 11.7. The van der Waals surface area contributed by atoms with Gasteiger partial charge in [0.15, 0.2) is 5.96 Å². The van der Waals surface area contributed by atoms with E-state index < -0.39 is 0 Å². The summed E-state index contributed by atoms with van der Waals surface area (Å²) in [4.78, 5) is 19.3. The van der Waals surface area contributed by atoms with E-state index in [9.17, 15) is 4.79 Å². The van der Waals surface area contributed by atoms with Crippen LogP contribution in [0.1, 0.15) is 60.2 Å². The van der Waals surface area contributed by atoms with Gasteiger partial charge in [-0.3, -0.25) is 4.79 Å². The summed E-state index contributed by atoms with van der Waals surface area (Å²) in [6, 6.07) is 14.1. The van der Waals surface area contributed by atoms with Crippen molar-refractivity contribution in [2.75, 3.05) is 26.2 Å². The first-order valence-electron chi connectivity index (χ1n) is 11.7. The van der Waals surface area contributed by atoms with Gasteiger partial charge in [-0.2, -0.15) is 0 Å². The number of hydrogen-bond acceptors (Lipinski definition) is 3. The fourth-order valence-corrected chi connectivity index (χ4v) is 3.82. The van der Waals surface area contributed by atoms with Crippen molar-refractivity contribution in [3.63, 3.8) is 0 Å². The molecule has 1 saturated heterocycles. The number of hydrogen-bond donors (Lipinski definition) is 2. The van der Waals surface area contributed by atoms with Crippen LogP contribution in [0.25, 0.3) is 0 Å². The van der Waals surface area contributed by atoms with Crippen molar-refractivity contribution in [3.05, 3.63) is 64.7 Å². The number of ether oxygens (including phenoxy) is 1. The number of amides is 1. The van der Waals surface area contributed by atoms with Crippen LogP contribution in [0.2, 0.25) is 0 Å². The van der Waals surface area contributed by atoms with Gasteiger partial charge in [-0.25, -0.2) is 4.99 Å². The molecule has 33 heavy (non-hydrogen) atoms. The number of piperidine rings is 1. The van der Waals surface area contributed by atoms with Gasteiger partial charge in [-0.15, -0.1) is 24.0 Å². The van der Waals surface area contributed by atoms with Crippen molar-refractivity contribution in [1.29, 1.82) is 0 Å². The zero-order valence-corrected chi connectivity index (χ0v) is 22.4. The van der Waals surface area contributed by atoms with E-state index in [0.717, 1.165) is 60.9 Å². The number of guanidine groups is 1. The maximum atomic E-state index is 12.6. The third kappa shape index (κ3) is 8.21. The molecule has 0 spiro atoms. The molecular weight excluding hydrogens is 527 g/mol. The molecule has 7 heteroatoms. The predicted octanol–water partition coefficient (Wildman–Crippen LogP) is 4.89. The smallest absolute Gasteiger partial charge is 0.253 e. The Labute approximate surface area is 215 Å². The maximum absolute atomic E-state index is 12.6. The Bertz CT molecular complexity index is 909. The highest BCUT2D eigenvalue weighted by Crippen LogP contribution is 2.20. The van der Waals surface area contributed by atoms with Gasteiger partial charge in [0.25, 0.3) is 5.91 Å². The Balaban J connectivity index is 0.00000385. The molecule has 0 aliphatic carbocycles. The van der Waals surface area contributed by atoms with E-state index in [1.807, 2.05) is 36.1 Å². The molecular formula is C26H37IN4O2. The number of benzene rings is 2. The molecule has 3 rings (SSSR count). The van der Waals surface area contributed by atoms with E-state index in [2.05, 4.69) is 42.7 Å². The summed E-state index contributed by atoms with van der Waals surface area (Å²) in [5.41, 5.74) is 4.11. The third-order valence-electron chi connectivity index (χ3n) is 5.58. The zero-order chi connectivity index (χ0) is 22.8. The van der Waals surface area contributed by atoms with Crippen LogP contribution in [-0.2, 0) is 13.1 Å². The Hall–Kier alpha value is -2.29. The van der Waals surface area contributed by atoms with Crippen molar-refractivity contribution >= 4 is 35.8 Å². The minimum absolute atomic E-state index is 0. The largest absolute Gasteiger partial charge is 0.494 e.